The normalized spacial score (nSPS) is 27.3. The summed E-state index contributed by atoms with van der Waals surface area (Å²) < 4.78 is 0. The lowest BCUT2D eigenvalue weighted by Gasteiger charge is -2.35. The Balaban J connectivity index is 1.64. The molecule has 2 aliphatic heterocycles. The van der Waals surface area contributed by atoms with Crippen molar-refractivity contribution in [3.63, 3.8) is 0 Å². The van der Waals surface area contributed by atoms with Crippen molar-refractivity contribution >= 4 is 0 Å². The summed E-state index contributed by atoms with van der Waals surface area (Å²) in [5.74, 6) is 0.446. The molecule has 2 saturated heterocycles. The van der Waals surface area contributed by atoms with Crippen LogP contribution in [0.15, 0.2) is 0 Å². The van der Waals surface area contributed by atoms with Gasteiger partial charge in [0.1, 0.15) is 0 Å². The Bertz CT molecular complexity index is 249. The van der Waals surface area contributed by atoms with Crippen LogP contribution in [0, 0.1) is 5.92 Å². The van der Waals surface area contributed by atoms with Crippen molar-refractivity contribution in [1.29, 1.82) is 0 Å². The van der Waals surface area contributed by atoms with E-state index < -0.39 is 0 Å². The minimum absolute atomic E-state index is 0.187. The summed E-state index contributed by atoms with van der Waals surface area (Å²) in [5, 5.41) is 23.1. The summed E-state index contributed by atoms with van der Waals surface area (Å²) >= 11 is 0. The number of aliphatic hydroxyl groups is 2. The highest BCUT2D eigenvalue weighted by atomic mass is 16.3. The summed E-state index contributed by atoms with van der Waals surface area (Å²) in [4.78, 5) is 4.68. The minimum atomic E-state index is -0.249. The van der Waals surface area contributed by atoms with Gasteiger partial charge in [0.15, 0.2) is 0 Å². The predicted molar refractivity (Wildman–Crippen MR) is 76.2 cm³/mol. The fourth-order valence-electron chi connectivity index (χ4n) is 3.17. The van der Waals surface area contributed by atoms with Gasteiger partial charge in [-0.25, -0.2) is 0 Å². The topological polar surface area (TPSA) is 59.0 Å². The standard InChI is InChI=1S/C14H29N3O2/c1-12(18)13-2-6-16(7-3-13)10-14(19)11-17-8-4-15-5-9-17/h12-15,18-19H,2-11H2,1H3. The molecule has 2 fully saturated rings. The van der Waals surface area contributed by atoms with E-state index in [1.807, 2.05) is 6.92 Å². The Kier molecular flexibility index (Phi) is 6.04. The summed E-state index contributed by atoms with van der Waals surface area (Å²) in [6.45, 7) is 9.62. The molecule has 2 unspecified atom stereocenters. The SMILES string of the molecule is CC(O)C1CCN(CC(O)CN2CCNCC2)CC1. The van der Waals surface area contributed by atoms with Gasteiger partial charge < -0.3 is 20.4 Å². The summed E-state index contributed by atoms with van der Waals surface area (Å²) in [7, 11) is 0. The second-order valence-corrected chi connectivity index (χ2v) is 6.08. The van der Waals surface area contributed by atoms with Gasteiger partial charge in [-0.05, 0) is 38.8 Å². The molecule has 2 rings (SSSR count). The van der Waals surface area contributed by atoms with Crippen molar-refractivity contribution in [3.8, 4) is 0 Å². The van der Waals surface area contributed by atoms with Crippen LogP contribution in [0.2, 0.25) is 0 Å². The fraction of sp³-hybridized carbons (Fsp3) is 1.00. The van der Waals surface area contributed by atoms with E-state index in [0.717, 1.165) is 65.2 Å². The van der Waals surface area contributed by atoms with Gasteiger partial charge in [0.2, 0.25) is 0 Å². The Hall–Kier alpha value is -0.200. The van der Waals surface area contributed by atoms with Crippen LogP contribution in [0.5, 0.6) is 0 Å². The number of β-amino-alcohol motifs (C(OH)–C–C–N with tert-alkyl or cyclic N) is 1. The zero-order valence-corrected chi connectivity index (χ0v) is 12.1. The monoisotopic (exact) mass is 271 g/mol. The molecule has 5 heteroatoms. The fourth-order valence-corrected chi connectivity index (χ4v) is 3.17. The molecular formula is C14H29N3O2. The second kappa shape index (κ2) is 7.55. The van der Waals surface area contributed by atoms with Crippen LogP contribution in [-0.2, 0) is 0 Å². The third-order valence-corrected chi connectivity index (χ3v) is 4.46. The van der Waals surface area contributed by atoms with E-state index >= 15 is 0 Å². The molecular weight excluding hydrogens is 242 g/mol. The molecule has 0 saturated carbocycles. The molecule has 0 bridgehead atoms. The molecule has 0 aromatic heterocycles. The van der Waals surface area contributed by atoms with Crippen molar-refractivity contribution in [3.05, 3.63) is 0 Å². The quantitative estimate of drug-likeness (QED) is 0.620. The van der Waals surface area contributed by atoms with Crippen LogP contribution in [-0.4, -0.2) is 84.6 Å². The predicted octanol–water partition coefficient (Wildman–Crippen LogP) is -0.655. The zero-order valence-electron chi connectivity index (χ0n) is 12.1. The van der Waals surface area contributed by atoms with Crippen molar-refractivity contribution in [1.82, 2.24) is 15.1 Å². The number of nitrogens with one attached hydrogen (secondary N) is 1. The number of piperazine rings is 1. The Labute approximate surface area is 116 Å². The molecule has 2 heterocycles. The van der Waals surface area contributed by atoms with Gasteiger partial charge in [-0.15, -0.1) is 0 Å². The first-order valence-corrected chi connectivity index (χ1v) is 7.66. The maximum absolute atomic E-state index is 10.2. The molecule has 2 aliphatic rings. The van der Waals surface area contributed by atoms with Crippen LogP contribution in [0.3, 0.4) is 0 Å². The first-order chi connectivity index (χ1) is 9.15. The highest BCUT2D eigenvalue weighted by molar-refractivity contribution is 4.78. The van der Waals surface area contributed by atoms with Gasteiger partial charge in [-0.3, -0.25) is 4.90 Å². The summed E-state index contributed by atoms with van der Waals surface area (Å²) in [5.41, 5.74) is 0. The average Bonchev–Trinajstić information content (AvgIpc) is 2.40. The van der Waals surface area contributed by atoms with Crippen molar-refractivity contribution in [2.75, 3.05) is 52.4 Å². The van der Waals surface area contributed by atoms with Gasteiger partial charge in [-0.2, -0.15) is 0 Å². The maximum Gasteiger partial charge on any atom is 0.0793 e. The van der Waals surface area contributed by atoms with Crippen molar-refractivity contribution < 1.29 is 10.2 Å². The number of piperidine rings is 1. The molecule has 0 aliphatic carbocycles. The maximum atomic E-state index is 10.2. The van der Waals surface area contributed by atoms with Crippen molar-refractivity contribution in [2.45, 2.75) is 32.0 Å². The lowest BCUT2D eigenvalue weighted by Crippen LogP contribution is -2.49. The second-order valence-electron chi connectivity index (χ2n) is 6.08. The molecule has 19 heavy (non-hydrogen) atoms. The number of hydrogen-bond acceptors (Lipinski definition) is 5. The Morgan fingerprint density at radius 3 is 2.05 bits per heavy atom. The van der Waals surface area contributed by atoms with Gasteiger partial charge >= 0.3 is 0 Å². The van der Waals surface area contributed by atoms with Gasteiger partial charge in [0.05, 0.1) is 12.2 Å². The van der Waals surface area contributed by atoms with Crippen LogP contribution >= 0.6 is 0 Å². The molecule has 0 amide bonds. The molecule has 0 aromatic rings. The number of rotatable bonds is 5. The van der Waals surface area contributed by atoms with E-state index in [9.17, 15) is 10.2 Å². The summed E-state index contributed by atoms with van der Waals surface area (Å²) in [6.07, 6.45) is 1.67. The number of hydrogen-bond donors (Lipinski definition) is 3. The van der Waals surface area contributed by atoms with E-state index in [1.165, 1.54) is 0 Å². The minimum Gasteiger partial charge on any atom is -0.393 e. The lowest BCUT2D eigenvalue weighted by molar-refractivity contribution is 0.0352. The van der Waals surface area contributed by atoms with Gasteiger partial charge in [0, 0.05) is 39.3 Å². The first kappa shape index (κ1) is 15.2. The molecule has 5 nitrogen and oxygen atoms in total. The van der Waals surface area contributed by atoms with Crippen LogP contribution < -0.4 is 5.32 Å². The summed E-state index contributed by atoms with van der Waals surface area (Å²) in [6, 6.07) is 0. The molecule has 112 valence electrons. The van der Waals surface area contributed by atoms with Crippen molar-refractivity contribution in [2.24, 2.45) is 5.92 Å². The molecule has 3 N–H and O–H groups in total. The van der Waals surface area contributed by atoms with E-state index in [1.54, 1.807) is 0 Å². The number of aliphatic hydroxyl groups excluding tert-OH is 2. The highest BCUT2D eigenvalue weighted by Gasteiger charge is 2.24. The van der Waals surface area contributed by atoms with Crippen LogP contribution in [0.1, 0.15) is 19.8 Å². The average molecular weight is 271 g/mol. The smallest absolute Gasteiger partial charge is 0.0793 e. The van der Waals surface area contributed by atoms with E-state index in [4.69, 9.17) is 0 Å². The van der Waals surface area contributed by atoms with Gasteiger partial charge in [-0.1, -0.05) is 0 Å². The molecule has 2 atom stereocenters. The molecule has 0 spiro atoms. The largest absolute Gasteiger partial charge is 0.393 e. The number of likely N-dealkylation sites (tertiary alicyclic amines) is 1. The van der Waals surface area contributed by atoms with E-state index in [-0.39, 0.29) is 12.2 Å². The molecule has 0 radical (unpaired) electrons. The van der Waals surface area contributed by atoms with E-state index in [0.29, 0.717) is 5.92 Å². The zero-order chi connectivity index (χ0) is 13.7. The first-order valence-electron chi connectivity index (χ1n) is 7.66. The molecule has 0 aromatic carbocycles. The van der Waals surface area contributed by atoms with Crippen LogP contribution in [0.4, 0.5) is 0 Å². The third-order valence-electron chi connectivity index (χ3n) is 4.46. The van der Waals surface area contributed by atoms with Crippen LogP contribution in [0.25, 0.3) is 0 Å². The Morgan fingerprint density at radius 2 is 1.53 bits per heavy atom. The van der Waals surface area contributed by atoms with Gasteiger partial charge in [0.25, 0.3) is 0 Å². The Morgan fingerprint density at radius 1 is 1.00 bits per heavy atom. The lowest BCUT2D eigenvalue weighted by atomic mass is 9.92. The number of nitrogens with zero attached hydrogens (tertiary/aromatic N) is 2. The van der Waals surface area contributed by atoms with E-state index in [2.05, 4.69) is 15.1 Å². The highest BCUT2D eigenvalue weighted by Crippen LogP contribution is 2.20. The third kappa shape index (κ3) is 5.00.